The van der Waals surface area contributed by atoms with Gasteiger partial charge in [0.2, 0.25) is 0 Å². The third-order valence-corrected chi connectivity index (χ3v) is 11.9. The van der Waals surface area contributed by atoms with Crippen molar-refractivity contribution in [1.29, 1.82) is 0 Å². The topological polar surface area (TPSA) is 18.5 Å². The molecule has 0 aromatic carbocycles. The van der Waals surface area contributed by atoms with Crippen LogP contribution in [-0.2, 0) is 0 Å². The fourth-order valence-corrected chi connectivity index (χ4v) is 8.78. The van der Waals surface area contributed by atoms with E-state index < -0.39 is 11.1 Å². The van der Waals surface area contributed by atoms with Gasteiger partial charge in [-0.25, -0.2) is 4.39 Å². The lowest BCUT2D eigenvalue weighted by Gasteiger charge is -2.53. The summed E-state index contributed by atoms with van der Waals surface area (Å²) < 4.78 is 17.9. The molecule has 4 heteroatoms. The van der Waals surface area contributed by atoms with E-state index in [2.05, 4.69) is 133 Å². The summed E-state index contributed by atoms with van der Waals surface area (Å²) in [6.45, 7) is 37.8. The van der Waals surface area contributed by atoms with Crippen LogP contribution in [0.2, 0.25) is 0 Å². The molecule has 3 atom stereocenters. The van der Waals surface area contributed by atoms with E-state index in [-0.39, 0.29) is 38.8 Å². The third kappa shape index (κ3) is 7.81. The fraction of sp³-hybridized carbons (Fsp3) is 1.00. The van der Waals surface area contributed by atoms with E-state index in [9.17, 15) is 0 Å². The van der Waals surface area contributed by atoms with Crippen molar-refractivity contribution in [3.05, 3.63) is 0 Å². The molecule has 0 radical (unpaired) electrons. The predicted molar refractivity (Wildman–Crippen MR) is 170 cm³/mol. The third-order valence-electron chi connectivity index (χ3n) is 11.9. The van der Waals surface area contributed by atoms with Gasteiger partial charge < -0.3 is 15.1 Å². The standard InChI is InChI=1S/C35H70FN3/c1-26-18-30(6,7)35(36,23-29(4,5)22-32(10,11)38(16)20-26)24-37-27-19-28(2,3)21-33(12,13)39(17)25-31(8,9)34(27,14)15/h26-27,37H,18-25H2,1-17H3. The molecule has 0 aliphatic carbocycles. The van der Waals surface area contributed by atoms with Gasteiger partial charge in [-0.15, -0.1) is 0 Å². The second-order valence-electron chi connectivity index (χ2n) is 19.1. The average Bonchev–Trinajstić information content (AvgIpc) is 2.67. The van der Waals surface area contributed by atoms with Crippen molar-refractivity contribution < 1.29 is 4.39 Å². The molecular formula is C35H70FN3. The molecule has 2 saturated heterocycles. The quantitative estimate of drug-likeness (QED) is 0.378. The summed E-state index contributed by atoms with van der Waals surface area (Å²) >= 11 is 0. The van der Waals surface area contributed by atoms with Gasteiger partial charge in [0, 0.05) is 42.2 Å². The Balaban J connectivity index is 2.50. The van der Waals surface area contributed by atoms with Gasteiger partial charge in [0.05, 0.1) is 0 Å². The normalized spacial score (nSPS) is 36.8. The van der Waals surface area contributed by atoms with E-state index >= 15 is 4.39 Å². The zero-order valence-corrected chi connectivity index (χ0v) is 29.6. The lowest BCUT2D eigenvalue weighted by molar-refractivity contribution is -0.0664. The zero-order chi connectivity index (χ0) is 30.7. The molecule has 0 spiro atoms. The summed E-state index contributed by atoms with van der Waals surface area (Å²) in [5, 5.41) is 3.99. The molecule has 232 valence electrons. The number of rotatable bonds is 3. The van der Waals surface area contributed by atoms with Crippen LogP contribution in [0.4, 0.5) is 4.39 Å². The van der Waals surface area contributed by atoms with Crippen molar-refractivity contribution in [1.82, 2.24) is 15.1 Å². The Bertz CT molecular complexity index is 837. The predicted octanol–water partition coefficient (Wildman–Crippen LogP) is 8.82. The molecule has 1 N–H and O–H groups in total. The molecule has 2 aliphatic rings. The summed E-state index contributed by atoms with van der Waals surface area (Å²) in [5.41, 5.74) is -1.47. The summed E-state index contributed by atoms with van der Waals surface area (Å²) in [6.07, 6.45) is 4.64. The Morgan fingerprint density at radius 2 is 1.15 bits per heavy atom. The second-order valence-corrected chi connectivity index (χ2v) is 19.1. The minimum Gasteiger partial charge on any atom is -0.310 e. The Morgan fingerprint density at radius 1 is 0.667 bits per heavy atom. The van der Waals surface area contributed by atoms with Crippen LogP contribution in [0.1, 0.15) is 136 Å². The average molecular weight is 552 g/mol. The highest BCUT2D eigenvalue weighted by Crippen LogP contribution is 2.52. The first kappa shape index (κ1) is 35.0. The Labute approximate surface area is 244 Å². The van der Waals surface area contributed by atoms with E-state index in [1.54, 1.807) is 0 Å². The Kier molecular flexibility index (Phi) is 9.71. The number of nitrogens with zero attached hydrogens (tertiary/aromatic N) is 2. The molecule has 0 bridgehead atoms. The van der Waals surface area contributed by atoms with Crippen molar-refractivity contribution in [3.63, 3.8) is 0 Å². The first-order valence-electron chi connectivity index (χ1n) is 15.9. The van der Waals surface area contributed by atoms with Gasteiger partial charge >= 0.3 is 0 Å². The fourth-order valence-electron chi connectivity index (χ4n) is 8.78. The van der Waals surface area contributed by atoms with Crippen molar-refractivity contribution in [2.75, 3.05) is 33.7 Å². The highest BCUT2D eigenvalue weighted by atomic mass is 19.1. The van der Waals surface area contributed by atoms with Gasteiger partial charge in [-0.2, -0.15) is 0 Å². The zero-order valence-electron chi connectivity index (χ0n) is 29.6. The second kappa shape index (κ2) is 10.8. The van der Waals surface area contributed by atoms with E-state index in [1.807, 2.05) is 0 Å². The van der Waals surface area contributed by atoms with Gasteiger partial charge in [-0.1, -0.05) is 76.2 Å². The lowest BCUT2D eigenvalue weighted by atomic mass is 9.60. The molecule has 2 fully saturated rings. The largest absolute Gasteiger partial charge is 0.310 e. The molecule has 2 aliphatic heterocycles. The molecule has 2 heterocycles. The van der Waals surface area contributed by atoms with Crippen molar-refractivity contribution in [2.45, 2.75) is 159 Å². The Hall–Kier alpha value is -0.190. The lowest BCUT2D eigenvalue weighted by Crippen LogP contribution is -2.60. The smallest absolute Gasteiger partial charge is 0.129 e. The summed E-state index contributed by atoms with van der Waals surface area (Å²) in [4.78, 5) is 5.09. The minimum absolute atomic E-state index is 0.0110. The van der Waals surface area contributed by atoms with Gasteiger partial charge in [-0.05, 0) is 101 Å². The van der Waals surface area contributed by atoms with Crippen LogP contribution in [0.5, 0.6) is 0 Å². The number of hydrogen-bond acceptors (Lipinski definition) is 3. The van der Waals surface area contributed by atoms with Gasteiger partial charge in [0.25, 0.3) is 0 Å². The maximum absolute atomic E-state index is 17.9. The van der Waals surface area contributed by atoms with Crippen LogP contribution in [0.15, 0.2) is 0 Å². The molecular weight excluding hydrogens is 481 g/mol. The van der Waals surface area contributed by atoms with Gasteiger partial charge in [0.15, 0.2) is 0 Å². The molecule has 0 saturated carbocycles. The van der Waals surface area contributed by atoms with E-state index in [0.717, 1.165) is 38.8 Å². The summed E-state index contributed by atoms with van der Waals surface area (Å²) in [7, 11) is 4.55. The highest BCUT2D eigenvalue weighted by molar-refractivity contribution is 5.06. The van der Waals surface area contributed by atoms with Crippen molar-refractivity contribution in [2.24, 2.45) is 33.0 Å². The molecule has 0 amide bonds. The molecule has 0 aromatic rings. The molecule has 0 aromatic heterocycles. The number of nitrogens with one attached hydrogen (secondary N) is 1. The van der Waals surface area contributed by atoms with Gasteiger partial charge in [-0.3, -0.25) is 0 Å². The molecule has 3 nitrogen and oxygen atoms in total. The maximum Gasteiger partial charge on any atom is 0.129 e. The maximum atomic E-state index is 17.9. The molecule has 3 unspecified atom stereocenters. The number of hydrogen-bond donors (Lipinski definition) is 1. The number of alkyl halides is 1. The Morgan fingerprint density at radius 3 is 1.69 bits per heavy atom. The summed E-state index contributed by atoms with van der Waals surface area (Å²) in [5.74, 6) is 0.442. The van der Waals surface area contributed by atoms with E-state index in [1.165, 1.54) is 0 Å². The number of halogens is 1. The van der Waals surface area contributed by atoms with Gasteiger partial charge in [0.1, 0.15) is 5.67 Å². The monoisotopic (exact) mass is 552 g/mol. The minimum atomic E-state index is -1.30. The van der Waals surface area contributed by atoms with Crippen LogP contribution in [0.25, 0.3) is 0 Å². The van der Waals surface area contributed by atoms with Crippen LogP contribution in [0.3, 0.4) is 0 Å². The van der Waals surface area contributed by atoms with E-state index in [0.29, 0.717) is 18.9 Å². The molecule has 2 rings (SSSR count). The first-order valence-corrected chi connectivity index (χ1v) is 15.9. The molecule has 39 heavy (non-hydrogen) atoms. The van der Waals surface area contributed by atoms with Crippen molar-refractivity contribution >= 4 is 0 Å². The van der Waals surface area contributed by atoms with Crippen LogP contribution in [-0.4, -0.2) is 66.3 Å². The first-order chi connectivity index (χ1) is 17.1. The van der Waals surface area contributed by atoms with Crippen LogP contribution >= 0.6 is 0 Å². The van der Waals surface area contributed by atoms with Crippen LogP contribution < -0.4 is 5.32 Å². The SMILES string of the molecule is CC1CN(C)C(C)(C)CC(C)(C)CC(F)(CNC2CC(C)(C)CC(C)(C)N(C)CC(C)(C)C2(C)C)C(C)(C)C1. The highest BCUT2D eigenvalue weighted by Gasteiger charge is 2.53. The van der Waals surface area contributed by atoms with Crippen molar-refractivity contribution in [3.8, 4) is 0 Å². The van der Waals surface area contributed by atoms with Crippen LogP contribution in [0, 0.1) is 33.0 Å². The summed E-state index contributed by atoms with van der Waals surface area (Å²) in [6, 6.07) is 0.228. The van der Waals surface area contributed by atoms with E-state index in [4.69, 9.17) is 0 Å².